The fourth-order valence-corrected chi connectivity index (χ4v) is 2.69. The lowest BCUT2D eigenvalue weighted by atomic mass is 9.84. The summed E-state index contributed by atoms with van der Waals surface area (Å²) in [5.41, 5.74) is 1.26. The summed E-state index contributed by atoms with van der Waals surface area (Å²) in [6, 6.07) is 17.7. The Morgan fingerprint density at radius 3 is 2.09 bits per heavy atom. The summed E-state index contributed by atoms with van der Waals surface area (Å²) >= 11 is 0. The molecule has 0 aliphatic rings. The summed E-state index contributed by atoms with van der Waals surface area (Å²) in [5, 5.41) is 14.5. The van der Waals surface area contributed by atoms with Crippen molar-refractivity contribution in [3.8, 4) is 5.75 Å². The molecule has 0 heterocycles. The van der Waals surface area contributed by atoms with Crippen molar-refractivity contribution < 1.29 is 9.84 Å². The van der Waals surface area contributed by atoms with Gasteiger partial charge in [0, 0.05) is 5.69 Å². The highest BCUT2D eigenvalue weighted by atomic mass is 16.5. The van der Waals surface area contributed by atoms with Crippen molar-refractivity contribution in [2.45, 2.75) is 38.3 Å². The molecular weight excluding hydrogens is 274 g/mol. The van der Waals surface area contributed by atoms with Crippen LogP contribution < -0.4 is 10.1 Å². The minimum atomic E-state index is -0.790. The van der Waals surface area contributed by atoms with Gasteiger partial charge >= 0.3 is 0 Å². The highest BCUT2D eigenvalue weighted by Gasteiger charge is 2.34. The second-order valence-electron chi connectivity index (χ2n) is 5.53. The van der Waals surface area contributed by atoms with Gasteiger partial charge in [0.25, 0.3) is 0 Å². The molecule has 0 aromatic heterocycles. The van der Waals surface area contributed by atoms with Gasteiger partial charge in [-0.2, -0.15) is 0 Å². The maximum absolute atomic E-state index is 11.0. The van der Waals surface area contributed by atoms with Gasteiger partial charge in [-0.1, -0.05) is 44.2 Å². The standard InChI is InChI=1S/C19H25NO2/c1-4-19(21,5-2)18(15-9-7-6-8-10-15)20-16-11-13-17(22-3)14-12-16/h6-14,18,20-21H,4-5H2,1-3H3. The Hall–Kier alpha value is -2.00. The summed E-state index contributed by atoms with van der Waals surface area (Å²) < 4.78 is 5.19. The number of hydrogen-bond acceptors (Lipinski definition) is 3. The Morgan fingerprint density at radius 2 is 1.59 bits per heavy atom. The van der Waals surface area contributed by atoms with Crippen LogP contribution in [0.3, 0.4) is 0 Å². The second-order valence-corrected chi connectivity index (χ2v) is 5.53. The summed E-state index contributed by atoms with van der Waals surface area (Å²) in [6.45, 7) is 4.05. The number of hydrogen-bond donors (Lipinski definition) is 2. The molecule has 0 saturated carbocycles. The van der Waals surface area contributed by atoms with Crippen LogP contribution >= 0.6 is 0 Å². The minimum Gasteiger partial charge on any atom is -0.497 e. The van der Waals surface area contributed by atoms with Crippen molar-refractivity contribution in [2.75, 3.05) is 12.4 Å². The molecule has 0 aliphatic carbocycles. The van der Waals surface area contributed by atoms with E-state index in [4.69, 9.17) is 4.74 Å². The van der Waals surface area contributed by atoms with Crippen LogP contribution in [0.25, 0.3) is 0 Å². The normalized spacial score (nSPS) is 12.7. The van der Waals surface area contributed by atoms with Gasteiger partial charge in [-0.25, -0.2) is 0 Å². The third-order valence-electron chi connectivity index (χ3n) is 4.30. The molecule has 0 saturated heterocycles. The van der Waals surface area contributed by atoms with Crippen LogP contribution in [0, 0.1) is 0 Å². The third kappa shape index (κ3) is 3.60. The van der Waals surface area contributed by atoms with E-state index in [2.05, 4.69) is 17.4 Å². The predicted molar refractivity (Wildman–Crippen MR) is 91.3 cm³/mol. The maximum atomic E-state index is 11.0. The van der Waals surface area contributed by atoms with E-state index in [1.165, 1.54) is 0 Å². The molecular formula is C19H25NO2. The lowest BCUT2D eigenvalue weighted by Gasteiger charge is -2.36. The van der Waals surface area contributed by atoms with Crippen LogP contribution in [0.1, 0.15) is 38.3 Å². The second kappa shape index (κ2) is 7.32. The average Bonchev–Trinajstić information content (AvgIpc) is 2.60. The zero-order chi connectivity index (χ0) is 16.0. The minimum absolute atomic E-state index is 0.155. The zero-order valence-electron chi connectivity index (χ0n) is 13.5. The number of aliphatic hydroxyl groups is 1. The van der Waals surface area contributed by atoms with Crippen molar-refractivity contribution in [3.63, 3.8) is 0 Å². The smallest absolute Gasteiger partial charge is 0.119 e. The molecule has 22 heavy (non-hydrogen) atoms. The number of rotatable bonds is 7. The van der Waals surface area contributed by atoms with Crippen LogP contribution in [-0.4, -0.2) is 17.8 Å². The molecule has 0 fully saturated rings. The van der Waals surface area contributed by atoms with Gasteiger partial charge in [0.1, 0.15) is 5.75 Å². The van der Waals surface area contributed by atoms with Crippen LogP contribution in [0.5, 0.6) is 5.75 Å². The summed E-state index contributed by atoms with van der Waals surface area (Å²) in [6.07, 6.45) is 1.37. The van der Waals surface area contributed by atoms with E-state index in [1.807, 2.05) is 56.3 Å². The largest absolute Gasteiger partial charge is 0.497 e. The van der Waals surface area contributed by atoms with Crippen molar-refractivity contribution in [2.24, 2.45) is 0 Å². The Balaban J connectivity index is 2.32. The first kappa shape index (κ1) is 16.4. The summed E-state index contributed by atoms with van der Waals surface area (Å²) in [5.74, 6) is 0.822. The molecule has 2 aromatic carbocycles. The van der Waals surface area contributed by atoms with E-state index in [0.717, 1.165) is 17.0 Å². The Labute approximate surface area is 133 Å². The van der Waals surface area contributed by atoms with Crippen molar-refractivity contribution in [1.82, 2.24) is 0 Å². The number of ether oxygens (including phenoxy) is 1. The molecule has 2 aromatic rings. The molecule has 2 rings (SSSR count). The van der Waals surface area contributed by atoms with Crippen LogP contribution in [0.2, 0.25) is 0 Å². The van der Waals surface area contributed by atoms with E-state index >= 15 is 0 Å². The lowest BCUT2D eigenvalue weighted by Crippen LogP contribution is -2.39. The van der Waals surface area contributed by atoms with Gasteiger partial charge in [0.05, 0.1) is 18.8 Å². The molecule has 0 bridgehead atoms. The van der Waals surface area contributed by atoms with Gasteiger partial charge in [-0.3, -0.25) is 0 Å². The topological polar surface area (TPSA) is 41.5 Å². The summed E-state index contributed by atoms with van der Waals surface area (Å²) in [7, 11) is 1.65. The molecule has 0 radical (unpaired) electrons. The van der Waals surface area contributed by atoms with E-state index < -0.39 is 5.60 Å². The first-order chi connectivity index (χ1) is 10.6. The van der Waals surface area contributed by atoms with E-state index in [1.54, 1.807) is 7.11 Å². The van der Waals surface area contributed by atoms with E-state index in [9.17, 15) is 5.11 Å². The molecule has 3 nitrogen and oxygen atoms in total. The molecule has 3 heteroatoms. The number of benzene rings is 2. The fraction of sp³-hybridized carbons (Fsp3) is 0.368. The monoisotopic (exact) mass is 299 g/mol. The highest BCUT2D eigenvalue weighted by Crippen LogP contribution is 2.35. The first-order valence-corrected chi connectivity index (χ1v) is 7.81. The molecule has 1 unspecified atom stereocenters. The van der Waals surface area contributed by atoms with Crippen molar-refractivity contribution in [3.05, 3.63) is 60.2 Å². The molecule has 0 amide bonds. The Bertz CT molecular complexity index is 562. The molecule has 0 spiro atoms. The number of methoxy groups -OCH3 is 1. The Morgan fingerprint density at radius 1 is 1.00 bits per heavy atom. The maximum Gasteiger partial charge on any atom is 0.119 e. The zero-order valence-corrected chi connectivity index (χ0v) is 13.5. The van der Waals surface area contributed by atoms with Gasteiger partial charge in [-0.15, -0.1) is 0 Å². The molecule has 0 aliphatic heterocycles. The SMILES string of the molecule is CCC(O)(CC)C(Nc1ccc(OC)cc1)c1ccccc1. The third-order valence-corrected chi connectivity index (χ3v) is 4.30. The highest BCUT2D eigenvalue weighted by molar-refractivity contribution is 5.49. The number of anilines is 1. The van der Waals surface area contributed by atoms with E-state index in [0.29, 0.717) is 12.8 Å². The molecule has 2 N–H and O–H groups in total. The van der Waals surface area contributed by atoms with Crippen LogP contribution in [-0.2, 0) is 0 Å². The molecule has 118 valence electrons. The fourth-order valence-electron chi connectivity index (χ4n) is 2.69. The summed E-state index contributed by atoms with van der Waals surface area (Å²) in [4.78, 5) is 0. The number of nitrogens with one attached hydrogen (secondary N) is 1. The van der Waals surface area contributed by atoms with Crippen LogP contribution in [0.4, 0.5) is 5.69 Å². The lowest BCUT2D eigenvalue weighted by molar-refractivity contribution is 0.0122. The van der Waals surface area contributed by atoms with E-state index in [-0.39, 0.29) is 6.04 Å². The van der Waals surface area contributed by atoms with Gasteiger partial charge in [0.15, 0.2) is 0 Å². The van der Waals surface area contributed by atoms with Gasteiger partial charge in [-0.05, 0) is 42.7 Å². The quantitative estimate of drug-likeness (QED) is 0.796. The van der Waals surface area contributed by atoms with Gasteiger partial charge in [0.2, 0.25) is 0 Å². The van der Waals surface area contributed by atoms with Crippen LogP contribution in [0.15, 0.2) is 54.6 Å². The van der Waals surface area contributed by atoms with Gasteiger partial charge < -0.3 is 15.2 Å². The molecule has 1 atom stereocenters. The van der Waals surface area contributed by atoms with Crippen molar-refractivity contribution in [1.29, 1.82) is 0 Å². The van der Waals surface area contributed by atoms with Crippen molar-refractivity contribution >= 4 is 5.69 Å². The predicted octanol–water partition coefficient (Wildman–Crippen LogP) is 4.40. The first-order valence-electron chi connectivity index (χ1n) is 7.81. The average molecular weight is 299 g/mol. The Kier molecular flexibility index (Phi) is 5.45.